The van der Waals surface area contributed by atoms with Crippen LogP contribution in [0.5, 0.6) is 0 Å². The van der Waals surface area contributed by atoms with Crippen molar-refractivity contribution in [3.05, 3.63) is 60.0 Å². The van der Waals surface area contributed by atoms with Gasteiger partial charge in [-0.05, 0) is 43.5 Å². The van der Waals surface area contributed by atoms with Gasteiger partial charge in [-0.1, -0.05) is 31.0 Å². The van der Waals surface area contributed by atoms with Crippen LogP contribution in [0.15, 0.2) is 48.8 Å². The van der Waals surface area contributed by atoms with Crippen LogP contribution in [0.2, 0.25) is 0 Å². The number of carbonyl (C=O) groups excluding carboxylic acids is 1. The molecule has 2 heterocycles. The van der Waals surface area contributed by atoms with Crippen LogP contribution in [0.3, 0.4) is 0 Å². The van der Waals surface area contributed by atoms with Crippen LogP contribution >= 0.6 is 0 Å². The molecule has 1 amide bonds. The lowest BCUT2D eigenvalue weighted by molar-refractivity contribution is 0.100. The summed E-state index contributed by atoms with van der Waals surface area (Å²) in [6, 6.07) is 12.0. The molecule has 0 aliphatic heterocycles. The number of nitrogens with zero attached hydrogens (tertiary/aromatic N) is 3. The van der Waals surface area contributed by atoms with Gasteiger partial charge in [0.25, 0.3) is 5.91 Å². The Labute approximate surface area is 181 Å². The van der Waals surface area contributed by atoms with E-state index in [1.165, 1.54) is 6.20 Å². The Bertz CT molecular complexity index is 1050. The highest BCUT2D eigenvalue weighted by molar-refractivity contribution is 5.98. The quantitative estimate of drug-likeness (QED) is 0.483. The third-order valence-corrected chi connectivity index (χ3v) is 5.58. The van der Waals surface area contributed by atoms with Gasteiger partial charge in [-0.15, -0.1) is 0 Å². The van der Waals surface area contributed by atoms with Crippen LogP contribution in [0.4, 0.5) is 17.5 Å². The number of nitrogens with two attached hydrogens (primary N) is 2. The van der Waals surface area contributed by atoms with Crippen LogP contribution in [-0.4, -0.2) is 32.9 Å². The second-order valence-corrected chi connectivity index (χ2v) is 7.91. The smallest absolute Gasteiger partial charge is 0.254 e. The van der Waals surface area contributed by atoms with Crippen molar-refractivity contribution in [3.63, 3.8) is 0 Å². The zero-order valence-corrected chi connectivity index (χ0v) is 17.5. The normalized spacial score (nSPS) is 18.4. The molecule has 8 nitrogen and oxygen atoms in total. The number of rotatable bonds is 6. The number of anilines is 3. The summed E-state index contributed by atoms with van der Waals surface area (Å²) in [5.74, 6) is 0.196. The first-order valence-corrected chi connectivity index (χ1v) is 10.5. The molecular weight excluding hydrogens is 390 g/mol. The molecule has 2 aromatic heterocycles. The van der Waals surface area contributed by atoms with Gasteiger partial charge < -0.3 is 22.1 Å². The zero-order chi connectivity index (χ0) is 21.8. The lowest BCUT2D eigenvalue weighted by Gasteiger charge is -2.29. The van der Waals surface area contributed by atoms with E-state index in [-0.39, 0.29) is 17.6 Å². The fourth-order valence-electron chi connectivity index (χ4n) is 3.75. The molecule has 1 aromatic carbocycles. The van der Waals surface area contributed by atoms with E-state index in [4.69, 9.17) is 11.5 Å². The summed E-state index contributed by atoms with van der Waals surface area (Å²) in [6.45, 7) is 1.96. The van der Waals surface area contributed by atoms with Crippen molar-refractivity contribution >= 4 is 23.4 Å². The maximum atomic E-state index is 11.9. The fraction of sp³-hybridized carbons (Fsp3) is 0.304. The lowest BCUT2D eigenvalue weighted by atomic mass is 9.91. The van der Waals surface area contributed by atoms with Gasteiger partial charge in [0.15, 0.2) is 0 Å². The van der Waals surface area contributed by atoms with E-state index in [1.54, 1.807) is 0 Å². The minimum absolute atomic E-state index is 0.0633. The summed E-state index contributed by atoms with van der Waals surface area (Å²) < 4.78 is 0. The molecule has 0 radical (unpaired) electrons. The molecule has 6 N–H and O–H groups in total. The van der Waals surface area contributed by atoms with Gasteiger partial charge in [0.1, 0.15) is 11.4 Å². The molecule has 8 heteroatoms. The van der Waals surface area contributed by atoms with Crippen molar-refractivity contribution < 1.29 is 4.79 Å². The SMILES string of the molecule is Cc1ccc(-c2ccc(Nc3nc(N[C@@H]4CCCC[C@@H]4N)ncc3C(N)=O)cc2)cn1. The molecule has 4 rings (SSSR count). The molecule has 2 atom stereocenters. The highest BCUT2D eigenvalue weighted by Gasteiger charge is 2.23. The molecular formula is C23H27N7O. The number of hydrogen-bond donors (Lipinski definition) is 4. The fourth-order valence-corrected chi connectivity index (χ4v) is 3.75. The molecule has 1 saturated carbocycles. The van der Waals surface area contributed by atoms with Gasteiger partial charge >= 0.3 is 0 Å². The molecule has 1 fully saturated rings. The van der Waals surface area contributed by atoms with Crippen molar-refractivity contribution in [3.8, 4) is 11.1 Å². The van der Waals surface area contributed by atoms with Gasteiger partial charge in [-0.2, -0.15) is 4.98 Å². The number of primary amides is 1. The Morgan fingerprint density at radius 3 is 2.42 bits per heavy atom. The summed E-state index contributed by atoms with van der Waals surface area (Å²) in [5.41, 5.74) is 15.8. The number of hydrogen-bond acceptors (Lipinski definition) is 7. The summed E-state index contributed by atoms with van der Waals surface area (Å²) in [6.07, 6.45) is 7.51. The minimum atomic E-state index is -0.592. The molecule has 3 aromatic rings. The Morgan fingerprint density at radius 1 is 1.00 bits per heavy atom. The molecule has 160 valence electrons. The van der Waals surface area contributed by atoms with E-state index in [0.29, 0.717) is 11.8 Å². The predicted octanol–water partition coefficient (Wildman–Crippen LogP) is 3.37. The zero-order valence-electron chi connectivity index (χ0n) is 17.5. The van der Waals surface area contributed by atoms with E-state index in [0.717, 1.165) is 48.2 Å². The molecule has 0 spiro atoms. The number of aryl methyl sites for hydroxylation is 1. The average Bonchev–Trinajstić information content (AvgIpc) is 2.76. The largest absolute Gasteiger partial charge is 0.365 e. The van der Waals surface area contributed by atoms with Crippen molar-refractivity contribution in [2.24, 2.45) is 11.5 Å². The first-order chi connectivity index (χ1) is 15.0. The number of pyridine rings is 1. The van der Waals surface area contributed by atoms with Crippen LogP contribution in [0.1, 0.15) is 41.7 Å². The topological polar surface area (TPSA) is 132 Å². The third kappa shape index (κ3) is 4.97. The summed E-state index contributed by atoms with van der Waals surface area (Å²) in [7, 11) is 0. The molecule has 0 bridgehead atoms. The van der Waals surface area contributed by atoms with E-state index >= 15 is 0 Å². The van der Waals surface area contributed by atoms with E-state index in [9.17, 15) is 4.79 Å². The summed E-state index contributed by atoms with van der Waals surface area (Å²) in [4.78, 5) is 25.0. The predicted molar refractivity (Wildman–Crippen MR) is 122 cm³/mol. The first-order valence-electron chi connectivity index (χ1n) is 10.5. The average molecular weight is 418 g/mol. The van der Waals surface area contributed by atoms with Crippen molar-refractivity contribution in [2.75, 3.05) is 10.6 Å². The van der Waals surface area contributed by atoms with Gasteiger partial charge in [-0.25, -0.2) is 4.98 Å². The maximum absolute atomic E-state index is 11.9. The number of carbonyl (C=O) groups is 1. The molecule has 0 unspecified atom stereocenters. The van der Waals surface area contributed by atoms with Crippen LogP contribution in [0, 0.1) is 6.92 Å². The Morgan fingerprint density at radius 2 is 1.74 bits per heavy atom. The van der Waals surface area contributed by atoms with E-state index in [1.807, 2.05) is 49.5 Å². The van der Waals surface area contributed by atoms with Crippen LogP contribution < -0.4 is 22.1 Å². The second kappa shape index (κ2) is 9.09. The Hall–Kier alpha value is -3.52. The molecule has 1 aliphatic carbocycles. The van der Waals surface area contributed by atoms with Crippen molar-refractivity contribution in [1.82, 2.24) is 15.0 Å². The van der Waals surface area contributed by atoms with Gasteiger partial charge in [0.2, 0.25) is 5.95 Å². The van der Waals surface area contributed by atoms with Gasteiger partial charge in [0, 0.05) is 41.4 Å². The lowest BCUT2D eigenvalue weighted by Crippen LogP contribution is -2.43. The molecule has 1 aliphatic rings. The maximum Gasteiger partial charge on any atom is 0.254 e. The number of nitrogens with one attached hydrogen (secondary N) is 2. The third-order valence-electron chi connectivity index (χ3n) is 5.58. The van der Waals surface area contributed by atoms with E-state index < -0.39 is 5.91 Å². The Balaban J connectivity index is 1.54. The molecule has 0 saturated heterocycles. The summed E-state index contributed by atoms with van der Waals surface area (Å²) >= 11 is 0. The van der Waals surface area contributed by atoms with Crippen molar-refractivity contribution in [1.29, 1.82) is 0 Å². The minimum Gasteiger partial charge on any atom is -0.365 e. The Kier molecular flexibility index (Phi) is 6.08. The number of benzene rings is 1. The first kappa shape index (κ1) is 20.7. The summed E-state index contributed by atoms with van der Waals surface area (Å²) in [5, 5.41) is 6.50. The number of amides is 1. The monoisotopic (exact) mass is 417 g/mol. The van der Waals surface area contributed by atoms with Crippen LogP contribution in [0.25, 0.3) is 11.1 Å². The molecule has 31 heavy (non-hydrogen) atoms. The second-order valence-electron chi connectivity index (χ2n) is 7.91. The van der Waals surface area contributed by atoms with Gasteiger partial charge in [0.05, 0.1) is 0 Å². The van der Waals surface area contributed by atoms with Gasteiger partial charge in [-0.3, -0.25) is 9.78 Å². The van der Waals surface area contributed by atoms with Crippen LogP contribution in [-0.2, 0) is 0 Å². The highest BCUT2D eigenvalue weighted by atomic mass is 16.1. The van der Waals surface area contributed by atoms with E-state index in [2.05, 4.69) is 25.6 Å². The number of aromatic nitrogens is 3. The standard InChI is InChI=1S/C23H27N7O/c1-14-6-7-16(12-26-14)15-8-10-17(11-9-15)28-22-18(21(25)31)13-27-23(30-22)29-20-5-3-2-4-19(20)24/h6-13,19-20H,2-5,24H2,1H3,(H2,25,31)(H2,27,28,29,30)/t19-,20+/m0/s1. The highest BCUT2D eigenvalue weighted by Crippen LogP contribution is 2.25. The van der Waals surface area contributed by atoms with Crippen molar-refractivity contribution in [2.45, 2.75) is 44.7 Å².